The molecule has 2 heterocycles. The number of aliphatic hydroxyl groups excluding tert-OH is 1. The monoisotopic (exact) mass is 566 g/mol. The summed E-state index contributed by atoms with van der Waals surface area (Å²) in [7, 11) is -1.84. The Balaban J connectivity index is 1.29. The topological polar surface area (TPSA) is 97.3 Å². The van der Waals surface area contributed by atoms with Crippen LogP contribution in [-0.4, -0.2) is 57.4 Å². The van der Waals surface area contributed by atoms with Crippen molar-refractivity contribution in [2.24, 2.45) is 0 Å². The van der Waals surface area contributed by atoms with Crippen LogP contribution in [0.2, 0.25) is 0 Å². The van der Waals surface area contributed by atoms with Crippen LogP contribution in [0, 0.1) is 0 Å². The lowest BCUT2D eigenvalue weighted by molar-refractivity contribution is -0.253. The summed E-state index contributed by atoms with van der Waals surface area (Å²) < 4.78 is 46.3. The van der Waals surface area contributed by atoms with E-state index in [9.17, 15) is 13.5 Å². The van der Waals surface area contributed by atoms with Gasteiger partial charge in [0.05, 0.1) is 30.3 Å². The van der Waals surface area contributed by atoms with Gasteiger partial charge < -0.3 is 19.3 Å². The van der Waals surface area contributed by atoms with E-state index in [1.807, 2.05) is 48.5 Å². The van der Waals surface area contributed by atoms with Gasteiger partial charge in [-0.15, -0.1) is 0 Å². The first-order valence-corrected chi connectivity index (χ1v) is 15.3. The molecule has 3 aromatic rings. The maximum Gasteiger partial charge on any atom is 0.240 e. The Morgan fingerprint density at radius 1 is 0.950 bits per heavy atom. The van der Waals surface area contributed by atoms with E-state index >= 15 is 0 Å². The first-order chi connectivity index (χ1) is 19.4. The summed E-state index contributed by atoms with van der Waals surface area (Å²) in [5.41, 5.74) is 3.64. The van der Waals surface area contributed by atoms with Crippen molar-refractivity contribution >= 4 is 10.0 Å². The van der Waals surface area contributed by atoms with Crippen LogP contribution in [0.4, 0.5) is 0 Å². The molecule has 0 radical (unpaired) electrons. The number of ether oxygens (including phenoxy) is 3. The predicted octanol–water partition coefficient (Wildman–Crippen LogP) is 4.31. The van der Waals surface area contributed by atoms with E-state index in [1.54, 1.807) is 37.4 Å². The molecule has 40 heavy (non-hydrogen) atoms. The third-order valence-corrected chi connectivity index (χ3v) is 9.10. The van der Waals surface area contributed by atoms with Crippen LogP contribution in [0.5, 0.6) is 0 Å². The second kappa shape index (κ2) is 13.4. The molecule has 0 aromatic heterocycles. The number of nitrogens with zero attached hydrogens (tertiary/aromatic N) is 1. The van der Waals surface area contributed by atoms with Crippen molar-refractivity contribution in [2.45, 2.75) is 61.8 Å². The molecular weight excluding hydrogens is 528 g/mol. The van der Waals surface area contributed by atoms with Gasteiger partial charge in [0.1, 0.15) is 0 Å². The van der Waals surface area contributed by atoms with Crippen molar-refractivity contribution in [2.75, 3.05) is 26.8 Å². The lowest BCUT2D eigenvalue weighted by atomic mass is 9.99. The lowest BCUT2D eigenvalue weighted by Crippen LogP contribution is -2.42. The SMILES string of the molecule is COC[C@@H]1CCCN1C[C@H]1C[C@@H](c2ccc(CO)cc2)O[C@@H](c2ccc(CNS(=O)(=O)c3ccccc3)cc2)O1. The zero-order valence-electron chi connectivity index (χ0n) is 22.8. The van der Waals surface area contributed by atoms with Gasteiger partial charge in [-0.25, -0.2) is 13.1 Å². The Kier molecular flexibility index (Phi) is 9.64. The van der Waals surface area contributed by atoms with E-state index in [2.05, 4.69) is 9.62 Å². The second-order valence-corrected chi connectivity index (χ2v) is 12.2. The Bertz CT molecular complexity index is 1320. The molecule has 214 valence electrons. The minimum atomic E-state index is -3.59. The lowest BCUT2D eigenvalue weighted by Gasteiger charge is -2.38. The summed E-state index contributed by atoms with van der Waals surface area (Å²) in [6.07, 6.45) is 2.27. The summed E-state index contributed by atoms with van der Waals surface area (Å²) >= 11 is 0. The molecule has 0 amide bonds. The molecule has 9 heteroatoms. The highest BCUT2D eigenvalue weighted by atomic mass is 32.2. The van der Waals surface area contributed by atoms with Crippen LogP contribution in [0.1, 0.15) is 53.9 Å². The highest BCUT2D eigenvalue weighted by molar-refractivity contribution is 7.89. The molecule has 3 aromatic carbocycles. The Morgan fingerprint density at radius 3 is 2.35 bits per heavy atom. The van der Waals surface area contributed by atoms with Crippen molar-refractivity contribution in [3.8, 4) is 0 Å². The van der Waals surface area contributed by atoms with Gasteiger partial charge in [0, 0.05) is 38.2 Å². The molecule has 0 spiro atoms. The molecule has 2 fully saturated rings. The Hall–Kier alpha value is -2.63. The first-order valence-electron chi connectivity index (χ1n) is 13.8. The van der Waals surface area contributed by atoms with E-state index in [1.165, 1.54) is 0 Å². The van der Waals surface area contributed by atoms with E-state index in [-0.39, 0.29) is 30.3 Å². The van der Waals surface area contributed by atoms with Crippen molar-refractivity contribution in [1.82, 2.24) is 9.62 Å². The largest absolute Gasteiger partial charge is 0.392 e. The third kappa shape index (κ3) is 7.16. The predicted molar refractivity (Wildman–Crippen MR) is 152 cm³/mol. The number of methoxy groups -OCH3 is 1. The van der Waals surface area contributed by atoms with Crippen molar-refractivity contribution in [3.63, 3.8) is 0 Å². The van der Waals surface area contributed by atoms with E-state index in [0.29, 0.717) is 12.6 Å². The quantitative estimate of drug-likeness (QED) is 0.357. The molecular formula is C31H38N2O6S. The highest BCUT2D eigenvalue weighted by Gasteiger charge is 2.35. The molecule has 0 bridgehead atoms. The average Bonchev–Trinajstić information content (AvgIpc) is 3.43. The number of benzene rings is 3. The van der Waals surface area contributed by atoms with Crippen LogP contribution in [-0.2, 0) is 37.4 Å². The van der Waals surface area contributed by atoms with Crippen molar-refractivity contribution < 1.29 is 27.7 Å². The Labute approximate surface area is 236 Å². The van der Waals surface area contributed by atoms with Gasteiger partial charge in [-0.2, -0.15) is 0 Å². The number of rotatable bonds is 11. The molecule has 0 saturated carbocycles. The summed E-state index contributed by atoms with van der Waals surface area (Å²) in [6.45, 7) is 2.74. The fourth-order valence-electron chi connectivity index (χ4n) is 5.47. The van der Waals surface area contributed by atoms with Gasteiger partial charge in [0.2, 0.25) is 10.0 Å². The molecule has 0 unspecified atom stereocenters. The molecule has 2 N–H and O–H groups in total. The van der Waals surface area contributed by atoms with Gasteiger partial charge >= 0.3 is 0 Å². The van der Waals surface area contributed by atoms with Gasteiger partial charge in [0.15, 0.2) is 6.29 Å². The zero-order chi connectivity index (χ0) is 28.0. The molecule has 5 rings (SSSR count). The van der Waals surface area contributed by atoms with Crippen LogP contribution in [0.3, 0.4) is 0 Å². The number of hydrogen-bond acceptors (Lipinski definition) is 7. The summed E-state index contributed by atoms with van der Waals surface area (Å²) in [5, 5.41) is 9.46. The second-order valence-electron chi connectivity index (χ2n) is 10.5. The van der Waals surface area contributed by atoms with Crippen molar-refractivity contribution in [1.29, 1.82) is 0 Å². The summed E-state index contributed by atoms with van der Waals surface area (Å²) in [4.78, 5) is 2.70. The van der Waals surface area contributed by atoms with Crippen LogP contribution < -0.4 is 4.72 Å². The average molecular weight is 567 g/mol. The molecule has 2 aliphatic rings. The maximum atomic E-state index is 12.6. The van der Waals surface area contributed by atoms with Crippen LogP contribution in [0.15, 0.2) is 83.8 Å². The maximum absolute atomic E-state index is 12.6. The minimum absolute atomic E-state index is 0.00384. The Morgan fingerprint density at radius 2 is 1.65 bits per heavy atom. The molecule has 0 aliphatic carbocycles. The molecule has 2 saturated heterocycles. The number of aliphatic hydroxyl groups is 1. The fourth-order valence-corrected chi connectivity index (χ4v) is 6.50. The smallest absolute Gasteiger partial charge is 0.240 e. The van der Waals surface area contributed by atoms with E-state index in [4.69, 9.17) is 14.2 Å². The molecule has 2 aliphatic heterocycles. The number of nitrogens with one attached hydrogen (secondary N) is 1. The standard InChI is InChI=1S/C31H38N2O6S/c1-37-22-27-6-5-17-33(27)20-28-18-30(25-13-11-24(21-34)12-14-25)39-31(38-28)26-15-9-23(10-16-26)19-32-40(35,36)29-7-3-2-4-8-29/h2-4,7-16,27-28,30-32,34H,5-6,17-22H2,1H3/t27-,28+,30-,31-/m0/s1. The third-order valence-electron chi connectivity index (χ3n) is 7.68. The normalized spacial score (nSPS) is 23.9. The number of sulfonamides is 1. The van der Waals surface area contributed by atoms with Gasteiger partial charge in [-0.05, 0) is 48.2 Å². The first kappa shape index (κ1) is 28.9. The van der Waals surface area contributed by atoms with Crippen LogP contribution >= 0.6 is 0 Å². The van der Waals surface area contributed by atoms with Crippen LogP contribution in [0.25, 0.3) is 0 Å². The molecule has 8 nitrogen and oxygen atoms in total. The van der Waals surface area contributed by atoms with E-state index < -0.39 is 16.3 Å². The number of likely N-dealkylation sites (tertiary alicyclic amines) is 1. The van der Waals surface area contributed by atoms with Crippen molar-refractivity contribution in [3.05, 3.63) is 101 Å². The highest BCUT2D eigenvalue weighted by Crippen LogP contribution is 2.38. The molecule has 4 atom stereocenters. The fraction of sp³-hybridized carbons (Fsp3) is 0.419. The van der Waals surface area contributed by atoms with Gasteiger partial charge in [-0.3, -0.25) is 4.90 Å². The van der Waals surface area contributed by atoms with Gasteiger partial charge in [-0.1, -0.05) is 66.7 Å². The summed E-state index contributed by atoms with van der Waals surface area (Å²) in [6, 6.07) is 24.3. The zero-order valence-corrected chi connectivity index (χ0v) is 23.6. The van der Waals surface area contributed by atoms with Gasteiger partial charge in [0.25, 0.3) is 0 Å². The number of hydrogen-bond donors (Lipinski definition) is 2. The minimum Gasteiger partial charge on any atom is -0.392 e. The summed E-state index contributed by atoms with van der Waals surface area (Å²) in [5.74, 6) is 0. The van der Waals surface area contributed by atoms with E-state index in [0.717, 1.165) is 54.6 Å².